The van der Waals surface area contributed by atoms with Crippen molar-refractivity contribution in [2.24, 2.45) is 0 Å². The lowest BCUT2D eigenvalue weighted by Gasteiger charge is -2.16. The lowest BCUT2D eigenvalue weighted by atomic mass is 10.1. The summed E-state index contributed by atoms with van der Waals surface area (Å²) in [4.78, 5) is 14.2. The zero-order valence-electron chi connectivity index (χ0n) is 12.4. The van der Waals surface area contributed by atoms with Crippen LogP contribution in [0.15, 0.2) is 23.5 Å². The average molecular weight is 358 g/mol. The summed E-state index contributed by atoms with van der Waals surface area (Å²) < 4.78 is 25.0. The molecule has 3 heterocycles. The second-order valence-corrected chi connectivity index (χ2v) is 8.02. The van der Waals surface area contributed by atoms with Crippen LogP contribution in [0.3, 0.4) is 0 Å². The highest BCUT2D eigenvalue weighted by Gasteiger charge is 2.31. The van der Waals surface area contributed by atoms with Crippen LogP contribution in [0.4, 0.5) is 0 Å². The van der Waals surface area contributed by atoms with Crippen molar-refractivity contribution < 1.29 is 13.2 Å². The fourth-order valence-electron chi connectivity index (χ4n) is 2.76. The minimum atomic E-state index is -3.34. The van der Waals surface area contributed by atoms with E-state index in [4.69, 9.17) is 11.6 Å². The molecule has 1 atom stereocenters. The van der Waals surface area contributed by atoms with Gasteiger partial charge in [0, 0.05) is 31.5 Å². The Kier molecular flexibility index (Phi) is 4.15. The van der Waals surface area contributed by atoms with Crippen molar-refractivity contribution in [1.82, 2.24) is 24.9 Å². The Morgan fingerprint density at radius 1 is 1.48 bits per heavy atom. The van der Waals surface area contributed by atoms with Gasteiger partial charge in [0.05, 0.1) is 23.1 Å². The Balaban J connectivity index is 1.69. The fraction of sp³-hybridized carbons (Fsp3) is 0.462. The molecule has 2 aromatic rings. The van der Waals surface area contributed by atoms with Crippen LogP contribution >= 0.6 is 11.6 Å². The maximum Gasteiger partial charge on any atom is 0.244 e. The minimum Gasteiger partial charge on any atom is -0.340 e. The summed E-state index contributed by atoms with van der Waals surface area (Å²) >= 11 is 5.78. The van der Waals surface area contributed by atoms with E-state index in [1.54, 1.807) is 11.1 Å². The number of H-pyrrole nitrogens is 1. The molecule has 0 saturated carbocycles. The summed E-state index contributed by atoms with van der Waals surface area (Å²) in [6, 6.07) is 0. The van der Waals surface area contributed by atoms with Gasteiger partial charge in [-0.1, -0.05) is 11.6 Å². The van der Waals surface area contributed by atoms with Gasteiger partial charge in [-0.2, -0.15) is 10.2 Å². The van der Waals surface area contributed by atoms with Gasteiger partial charge in [-0.05, 0) is 6.42 Å². The molecule has 1 aliphatic rings. The summed E-state index contributed by atoms with van der Waals surface area (Å²) in [5, 5.41) is 11.1. The molecule has 0 unspecified atom stereocenters. The zero-order valence-corrected chi connectivity index (χ0v) is 14.0. The smallest absolute Gasteiger partial charge is 0.244 e. The Labute approximate surface area is 138 Å². The molecule has 0 aliphatic carbocycles. The Bertz CT molecular complexity index is 828. The number of hydrogen-bond acceptors (Lipinski definition) is 5. The van der Waals surface area contributed by atoms with Crippen LogP contribution in [0.25, 0.3) is 0 Å². The number of likely N-dealkylation sites (tertiary alicyclic amines) is 1. The van der Waals surface area contributed by atoms with E-state index in [-0.39, 0.29) is 23.3 Å². The average Bonchev–Trinajstić information content (AvgIpc) is 3.15. The van der Waals surface area contributed by atoms with Crippen molar-refractivity contribution in [2.45, 2.75) is 23.8 Å². The number of hydrogen-bond donors (Lipinski definition) is 1. The summed E-state index contributed by atoms with van der Waals surface area (Å²) in [6.45, 7) is 1.14. The molecule has 1 fully saturated rings. The first-order valence-electron chi connectivity index (χ1n) is 7.03. The molecule has 0 aromatic carbocycles. The van der Waals surface area contributed by atoms with Crippen LogP contribution in [-0.4, -0.2) is 58.5 Å². The number of carbonyl (C=O) groups excluding carboxylic acids is 1. The highest BCUT2D eigenvalue weighted by atomic mass is 35.5. The van der Waals surface area contributed by atoms with E-state index in [0.717, 1.165) is 6.26 Å². The van der Waals surface area contributed by atoms with Gasteiger partial charge in [0.25, 0.3) is 0 Å². The maximum atomic E-state index is 12.3. The predicted octanol–water partition coefficient (Wildman–Crippen LogP) is 0.679. The first-order chi connectivity index (χ1) is 10.8. The molecule has 0 radical (unpaired) electrons. The number of amides is 1. The maximum absolute atomic E-state index is 12.3. The van der Waals surface area contributed by atoms with E-state index < -0.39 is 9.84 Å². The molecule has 124 valence electrons. The molecule has 1 N–H and O–H groups in total. The second-order valence-electron chi connectivity index (χ2n) is 5.60. The Morgan fingerprint density at radius 2 is 2.26 bits per heavy atom. The topological polar surface area (TPSA) is 101 Å². The quantitative estimate of drug-likeness (QED) is 0.867. The first kappa shape index (κ1) is 16.0. The van der Waals surface area contributed by atoms with Gasteiger partial charge in [0.2, 0.25) is 5.91 Å². The molecular weight excluding hydrogens is 342 g/mol. The van der Waals surface area contributed by atoms with Gasteiger partial charge < -0.3 is 4.90 Å². The number of carbonyl (C=O) groups is 1. The van der Waals surface area contributed by atoms with E-state index in [1.807, 2.05) is 0 Å². The van der Waals surface area contributed by atoms with E-state index in [9.17, 15) is 13.2 Å². The van der Waals surface area contributed by atoms with E-state index in [0.29, 0.717) is 30.2 Å². The number of halogens is 1. The molecule has 8 nitrogen and oxygen atoms in total. The predicted molar refractivity (Wildman–Crippen MR) is 82.9 cm³/mol. The van der Waals surface area contributed by atoms with Gasteiger partial charge >= 0.3 is 0 Å². The normalized spacial score (nSPS) is 18.5. The standard InChI is InChI=1S/C13H16ClN5O3S/c1-23(21,22)11-5-15-17-13(11)9-2-3-18(6-9)12(20)8-19-7-10(14)4-16-19/h4-5,7,9H,2-3,6,8H2,1H3,(H,15,17)/t9-/m1/s1. The van der Waals surface area contributed by atoms with Gasteiger partial charge in [-0.15, -0.1) is 0 Å². The Morgan fingerprint density at radius 3 is 2.91 bits per heavy atom. The molecule has 1 saturated heterocycles. The monoisotopic (exact) mass is 357 g/mol. The Hall–Kier alpha value is -1.87. The highest BCUT2D eigenvalue weighted by molar-refractivity contribution is 7.90. The van der Waals surface area contributed by atoms with Gasteiger partial charge in [0.1, 0.15) is 11.4 Å². The minimum absolute atomic E-state index is 0.0626. The summed E-state index contributed by atoms with van der Waals surface area (Å²) in [5.74, 6) is -0.139. The van der Waals surface area contributed by atoms with Crippen LogP contribution in [0.5, 0.6) is 0 Å². The van der Waals surface area contributed by atoms with Crippen molar-refractivity contribution in [2.75, 3.05) is 19.3 Å². The van der Waals surface area contributed by atoms with Gasteiger partial charge in [-0.25, -0.2) is 8.42 Å². The number of aromatic nitrogens is 4. The van der Waals surface area contributed by atoms with Crippen molar-refractivity contribution in [3.8, 4) is 0 Å². The number of nitrogens with zero attached hydrogens (tertiary/aromatic N) is 4. The van der Waals surface area contributed by atoms with Crippen LogP contribution in [0.2, 0.25) is 5.02 Å². The number of aromatic amines is 1. The largest absolute Gasteiger partial charge is 0.340 e. The molecule has 23 heavy (non-hydrogen) atoms. The SMILES string of the molecule is CS(=O)(=O)c1cn[nH]c1[C@@H]1CCN(C(=O)Cn2cc(Cl)cn2)C1. The van der Waals surface area contributed by atoms with Crippen molar-refractivity contribution >= 4 is 27.3 Å². The van der Waals surface area contributed by atoms with Crippen LogP contribution in [0.1, 0.15) is 18.0 Å². The molecular formula is C13H16ClN5O3S. The highest BCUT2D eigenvalue weighted by Crippen LogP contribution is 2.30. The third-order valence-electron chi connectivity index (χ3n) is 3.88. The summed E-state index contributed by atoms with van der Waals surface area (Å²) in [5.41, 5.74) is 0.574. The second kappa shape index (κ2) is 5.97. The van der Waals surface area contributed by atoms with Crippen molar-refractivity contribution in [3.63, 3.8) is 0 Å². The number of rotatable bonds is 4. The van der Waals surface area contributed by atoms with Crippen molar-refractivity contribution in [1.29, 1.82) is 0 Å². The van der Waals surface area contributed by atoms with E-state index in [2.05, 4.69) is 15.3 Å². The molecule has 1 aliphatic heterocycles. The lowest BCUT2D eigenvalue weighted by Crippen LogP contribution is -2.32. The van der Waals surface area contributed by atoms with Crippen molar-refractivity contribution in [3.05, 3.63) is 29.3 Å². The van der Waals surface area contributed by atoms with Crippen LogP contribution < -0.4 is 0 Å². The van der Waals surface area contributed by atoms with E-state index >= 15 is 0 Å². The molecule has 2 aromatic heterocycles. The fourth-order valence-corrected chi connectivity index (χ4v) is 3.77. The van der Waals surface area contributed by atoms with Crippen LogP contribution in [0, 0.1) is 0 Å². The van der Waals surface area contributed by atoms with Gasteiger partial charge in [-0.3, -0.25) is 14.6 Å². The first-order valence-corrected chi connectivity index (χ1v) is 9.30. The third kappa shape index (κ3) is 3.40. The molecule has 0 bridgehead atoms. The third-order valence-corrected chi connectivity index (χ3v) is 5.20. The van der Waals surface area contributed by atoms with E-state index in [1.165, 1.54) is 17.1 Å². The van der Waals surface area contributed by atoms with Crippen LogP contribution in [-0.2, 0) is 21.2 Å². The number of nitrogens with one attached hydrogen (secondary N) is 1. The molecule has 3 rings (SSSR count). The summed E-state index contributed by atoms with van der Waals surface area (Å²) in [6.07, 6.45) is 6.23. The van der Waals surface area contributed by atoms with Gasteiger partial charge in [0.15, 0.2) is 9.84 Å². The zero-order chi connectivity index (χ0) is 16.6. The molecule has 10 heteroatoms. The molecule has 1 amide bonds. The number of sulfone groups is 1. The lowest BCUT2D eigenvalue weighted by molar-refractivity contribution is -0.131. The molecule has 0 spiro atoms. The summed E-state index contributed by atoms with van der Waals surface area (Å²) in [7, 11) is -3.34.